The molecular formula is C14H21NO. The summed E-state index contributed by atoms with van der Waals surface area (Å²) in [5.41, 5.74) is 1.37. The van der Waals surface area contributed by atoms with Crippen LogP contribution in [0.15, 0.2) is 24.3 Å². The number of nitrogens with one attached hydrogen (secondary N) is 1. The van der Waals surface area contributed by atoms with Gasteiger partial charge >= 0.3 is 0 Å². The van der Waals surface area contributed by atoms with E-state index in [0.29, 0.717) is 5.92 Å². The number of rotatable bonds is 4. The van der Waals surface area contributed by atoms with Crippen LogP contribution in [-0.2, 0) is 0 Å². The molecule has 1 atom stereocenters. The number of benzene rings is 1. The van der Waals surface area contributed by atoms with E-state index in [1.165, 1.54) is 5.56 Å². The average Bonchev–Trinajstić information content (AvgIpc) is 2.29. The van der Waals surface area contributed by atoms with Gasteiger partial charge in [0, 0.05) is 12.5 Å². The van der Waals surface area contributed by atoms with Gasteiger partial charge in [0.15, 0.2) is 0 Å². The fourth-order valence-electron chi connectivity index (χ4n) is 2.17. The summed E-state index contributed by atoms with van der Waals surface area (Å²) in [7, 11) is 0. The number of para-hydroxylation sites is 1. The lowest BCUT2D eigenvalue weighted by atomic mass is 9.93. The van der Waals surface area contributed by atoms with Gasteiger partial charge in [0.25, 0.3) is 0 Å². The molecule has 0 spiro atoms. The Morgan fingerprint density at radius 1 is 1.38 bits per heavy atom. The zero-order valence-electron chi connectivity index (χ0n) is 10.2. The second kappa shape index (κ2) is 5.35. The van der Waals surface area contributed by atoms with Crippen LogP contribution < -0.4 is 10.1 Å². The molecule has 16 heavy (non-hydrogen) atoms. The Kier molecular flexibility index (Phi) is 3.83. The van der Waals surface area contributed by atoms with Gasteiger partial charge in [-0.1, -0.05) is 32.0 Å². The number of hydrogen-bond donors (Lipinski definition) is 1. The van der Waals surface area contributed by atoms with Gasteiger partial charge in [-0.3, -0.25) is 0 Å². The highest BCUT2D eigenvalue weighted by Crippen LogP contribution is 2.32. The summed E-state index contributed by atoms with van der Waals surface area (Å²) in [6, 6.07) is 8.41. The van der Waals surface area contributed by atoms with Crippen molar-refractivity contribution in [2.75, 3.05) is 19.7 Å². The van der Waals surface area contributed by atoms with E-state index in [1.807, 2.05) is 6.07 Å². The number of hydrogen-bond acceptors (Lipinski definition) is 2. The first-order valence-electron chi connectivity index (χ1n) is 6.20. The van der Waals surface area contributed by atoms with Crippen LogP contribution in [0.5, 0.6) is 5.75 Å². The Labute approximate surface area is 98.0 Å². The molecule has 1 aliphatic rings. The molecule has 1 aromatic rings. The van der Waals surface area contributed by atoms with Crippen molar-refractivity contribution in [3.05, 3.63) is 29.8 Å². The fraction of sp³-hybridized carbons (Fsp3) is 0.571. The van der Waals surface area contributed by atoms with E-state index >= 15 is 0 Å². The SMILES string of the molecule is CC(C)CNCC1CCOc2ccccc21. The van der Waals surface area contributed by atoms with Crippen molar-refractivity contribution in [2.24, 2.45) is 5.92 Å². The zero-order valence-corrected chi connectivity index (χ0v) is 10.2. The smallest absolute Gasteiger partial charge is 0.122 e. The van der Waals surface area contributed by atoms with Crippen LogP contribution in [0.25, 0.3) is 0 Å². The molecule has 0 saturated carbocycles. The molecule has 0 aliphatic carbocycles. The van der Waals surface area contributed by atoms with Crippen molar-refractivity contribution in [3.8, 4) is 5.75 Å². The van der Waals surface area contributed by atoms with Crippen LogP contribution in [0.4, 0.5) is 0 Å². The van der Waals surface area contributed by atoms with Crippen LogP contribution in [0, 0.1) is 5.92 Å². The van der Waals surface area contributed by atoms with Crippen molar-refractivity contribution in [3.63, 3.8) is 0 Å². The number of ether oxygens (including phenoxy) is 1. The summed E-state index contributed by atoms with van der Waals surface area (Å²) in [4.78, 5) is 0. The lowest BCUT2D eigenvalue weighted by Gasteiger charge is -2.26. The third-order valence-electron chi connectivity index (χ3n) is 3.03. The minimum atomic E-state index is 0.615. The predicted molar refractivity (Wildman–Crippen MR) is 67.0 cm³/mol. The van der Waals surface area contributed by atoms with Crippen molar-refractivity contribution in [1.82, 2.24) is 5.32 Å². The molecule has 1 unspecified atom stereocenters. The third-order valence-corrected chi connectivity index (χ3v) is 3.03. The molecule has 1 aromatic carbocycles. The van der Waals surface area contributed by atoms with E-state index in [4.69, 9.17) is 4.74 Å². The molecule has 0 fully saturated rings. The van der Waals surface area contributed by atoms with Crippen LogP contribution in [0.2, 0.25) is 0 Å². The van der Waals surface area contributed by atoms with Gasteiger partial charge in [0.05, 0.1) is 6.61 Å². The van der Waals surface area contributed by atoms with Gasteiger partial charge in [-0.05, 0) is 30.5 Å². The second-order valence-corrected chi connectivity index (χ2v) is 4.92. The summed E-state index contributed by atoms with van der Waals surface area (Å²) in [5.74, 6) is 2.41. The largest absolute Gasteiger partial charge is 0.493 e. The van der Waals surface area contributed by atoms with Gasteiger partial charge < -0.3 is 10.1 Å². The fourth-order valence-corrected chi connectivity index (χ4v) is 2.17. The van der Waals surface area contributed by atoms with Crippen LogP contribution >= 0.6 is 0 Å². The maximum atomic E-state index is 5.65. The first-order chi connectivity index (χ1) is 7.77. The highest BCUT2D eigenvalue weighted by molar-refractivity contribution is 5.37. The molecule has 2 rings (SSSR count). The minimum absolute atomic E-state index is 0.615. The molecule has 1 aliphatic heterocycles. The lowest BCUT2D eigenvalue weighted by molar-refractivity contribution is 0.264. The topological polar surface area (TPSA) is 21.3 Å². The Morgan fingerprint density at radius 3 is 3.00 bits per heavy atom. The third kappa shape index (κ3) is 2.76. The molecule has 0 aromatic heterocycles. The van der Waals surface area contributed by atoms with Crippen molar-refractivity contribution < 1.29 is 4.74 Å². The highest BCUT2D eigenvalue weighted by Gasteiger charge is 2.20. The molecule has 0 radical (unpaired) electrons. The predicted octanol–water partition coefficient (Wildman–Crippen LogP) is 2.80. The standard InChI is InChI=1S/C14H21NO/c1-11(2)9-15-10-12-7-8-16-14-6-4-3-5-13(12)14/h3-6,11-12,15H,7-10H2,1-2H3. The number of fused-ring (bicyclic) bond motifs is 1. The summed E-state index contributed by atoms with van der Waals surface area (Å²) in [6.07, 6.45) is 1.13. The molecule has 2 heteroatoms. The normalized spacial score (nSPS) is 19.3. The Balaban J connectivity index is 1.96. The van der Waals surface area contributed by atoms with Gasteiger partial charge in [-0.15, -0.1) is 0 Å². The molecule has 1 heterocycles. The molecule has 0 saturated heterocycles. The first kappa shape index (κ1) is 11.5. The summed E-state index contributed by atoms with van der Waals surface area (Å²) in [6.45, 7) is 7.50. The van der Waals surface area contributed by atoms with Gasteiger partial charge in [0.1, 0.15) is 5.75 Å². The molecule has 88 valence electrons. The van der Waals surface area contributed by atoms with Gasteiger partial charge in [0.2, 0.25) is 0 Å². The maximum Gasteiger partial charge on any atom is 0.122 e. The van der Waals surface area contributed by atoms with Crippen LogP contribution in [-0.4, -0.2) is 19.7 Å². The molecule has 0 amide bonds. The Hall–Kier alpha value is -1.02. The summed E-state index contributed by atoms with van der Waals surface area (Å²) in [5, 5.41) is 3.54. The molecule has 1 N–H and O–H groups in total. The molecule has 0 bridgehead atoms. The zero-order chi connectivity index (χ0) is 11.4. The maximum absolute atomic E-state index is 5.65. The monoisotopic (exact) mass is 219 g/mol. The van der Waals surface area contributed by atoms with E-state index in [1.54, 1.807) is 0 Å². The Morgan fingerprint density at radius 2 is 2.19 bits per heavy atom. The average molecular weight is 219 g/mol. The van der Waals surface area contributed by atoms with E-state index in [0.717, 1.165) is 37.8 Å². The highest BCUT2D eigenvalue weighted by atomic mass is 16.5. The first-order valence-corrected chi connectivity index (χ1v) is 6.20. The summed E-state index contributed by atoms with van der Waals surface area (Å²) < 4.78 is 5.65. The van der Waals surface area contributed by atoms with E-state index in [-0.39, 0.29) is 0 Å². The Bertz CT molecular complexity index is 335. The van der Waals surface area contributed by atoms with Crippen molar-refractivity contribution in [1.29, 1.82) is 0 Å². The van der Waals surface area contributed by atoms with Crippen molar-refractivity contribution in [2.45, 2.75) is 26.2 Å². The molecular weight excluding hydrogens is 198 g/mol. The quantitative estimate of drug-likeness (QED) is 0.840. The van der Waals surface area contributed by atoms with Crippen LogP contribution in [0.3, 0.4) is 0 Å². The second-order valence-electron chi connectivity index (χ2n) is 4.92. The summed E-state index contributed by atoms with van der Waals surface area (Å²) >= 11 is 0. The van der Waals surface area contributed by atoms with Gasteiger partial charge in [-0.2, -0.15) is 0 Å². The lowest BCUT2D eigenvalue weighted by Crippen LogP contribution is -2.28. The van der Waals surface area contributed by atoms with E-state index in [9.17, 15) is 0 Å². The van der Waals surface area contributed by atoms with E-state index < -0.39 is 0 Å². The van der Waals surface area contributed by atoms with Crippen molar-refractivity contribution >= 4 is 0 Å². The van der Waals surface area contributed by atoms with E-state index in [2.05, 4.69) is 37.4 Å². The molecule has 2 nitrogen and oxygen atoms in total. The van der Waals surface area contributed by atoms with Crippen LogP contribution in [0.1, 0.15) is 31.7 Å². The minimum Gasteiger partial charge on any atom is -0.493 e. The van der Waals surface area contributed by atoms with Gasteiger partial charge in [-0.25, -0.2) is 0 Å².